The molecule has 0 spiro atoms. The molecule has 0 aromatic carbocycles. The van der Waals surface area contributed by atoms with E-state index >= 15 is 0 Å². The van der Waals surface area contributed by atoms with Crippen LogP contribution in [0, 0.1) is 0 Å². The van der Waals surface area contributed by atoms with Crippen LogP contribution >= 0.6 is 0 Å². The van der Waals surface area contributed by atoms with Gasteiger partial charge in [-0.05, 0) is 12.8 Å². The average molecular weight is 523 g/mol. The highest BCUT2D eigenvalue weighted by atomic mass is 16.6. The van der Waals surface area contributed by atoms with Gasteiger partial charge in [0.25, 0.3) is 0 Å². The van der Waals surface area contributed by atoms with E-state index in [0.29, 0.717) is 12.8 Å². The summed E-state index contributed by atoms with van der Waals surface area (Å²) in [4.78, 5) is 23.7. The average Bonchev–Trinajstić information content (AvgIpc) is 2.89. The topological polar surface area (TPSA) is 43.4 Å². The van der Waals surface area contributed by atoms with Gasteiger partial charge in [0.2, 0.25) is 0 Å². The summed E-state index contributed by atoms with van der Waals surface area (Å²) in [5, 5.41) is 0. The summed E-state index contributed by atoms with van der Waals surface area (Å²) < 4.78 is 5.00. The molecule has 0 radical (unpaired) electrons. The molecule has 0 unspecified atom stereocenters. The van der Waals surface area contributed by atoms with E-state index in [1.165, 1.54) is 154 Å². The van der Waals surface area contributed by atoms with Gasteiger partial charge in [-0.25, -0.2) is 0 Å². The third-order valence-electron chi connectivity index (χ3n) is 7.70. The van der Waals surface area contributed by atoms with Crippen LogP contribution in [0.25, 0.3) is 0 Å². The van der Waals surface area contributed by atoms with Crippen LogP contribution in [0.15, 0.2) is 0 Å². The number of carbonyl (C=O) groups is 2. The molecule has 0 aliphatic rings. The molecule has 3 nitrogen and oxygen atoms in total. The molecule has 3 heteroatoms. The summed E-state index contributed by atoms with van der Waals surface area (Å²) in [6.07, 6.45) is 37.2. The molecule has 0 aromatic rings. The predicted octanol–water partition coefficient (Wildman–Crippen LogP) is 11.8. The molecule has 0 bridgehead atoms. The van der Waals surface area contributed by atoms with Crippen molar-refractivity contribution in [3.63, 3.8) is 0 Å². The fraction of sp³-hybridized carbons (Fsp3) is 0.941. The van der Waals surface area contributed by atoms with Crippen LogP contribution < -0.4 is 0 Å². The lowest BCUT2D eigenvalue weighted by atomic mass is 10.0. The van der Waals surface area contributed by atoms with Gasteiger partial charge in [-0.1, -0.05) is 181 Å². The minimum absolute atomic E-state index is 0.325. The molecule has 37 heavy (non-hydrogen) atoms. The molecule has 0 saturated heterocycles. The van der Waals surface area contributed by atoms with Gasteiger partial charge >= 0.3 is 11.9 Å². The Bertz CT molecular complexity index is 474. The van der Waals surface area contributed by atoms with E-state index in [4.69, 9.17) is 4.74 Å². The largest absolute Gasteiger partial charge is 0.393 e. The molecule has 0 atom stereocenters. The number of esters is 2. The SMILES string of the molecule is CCCCCCCCCCCCCCCCCCC(=O)OC(=O)CCCCCCCCCCCCCC. The van der Waals surface area contributed by atoms with Gasteiger partial charge in [-0.3, -0.25) is 9.59 Å². The molecule has 0 amide bonds. The summed E-state index contributed by atoms with van der Waals surface area (Å²) >= 11 is 0. The van der Waals surface area contributed by atoms with Crippen molar-refractivity contribution >= 4 is 11.9 Å². The number of hydrogen-bond acceptors (Lipinski definition) is 3. The van der Waals surface area contributed by atoms with Crippen molar-refractivity contribution in [1.82, 2.24) is 0 Å². The van der Waals surface area contributed by atoms with E-state index in [-0.39, 0.29) is 11.9 Å². The third-order valence-corrected chi connectivity index (χ3v) is 7.70. The Kier molecular flexibility index (Phi) is 30.6. The molecule has 0 aliphatic carbocycles. The van der Waals surface area contributed by atoms with Crippen molar-refractivity contribution < 1.29 is 14.3 Å². The highest BCUT2D eigenvalue weighted by Gasteiger charge is 2.09. The maximum Gasteiger partial charge on any atom is 0.313 e. The molecule has 0 saturated carbocycles. The van der Waals surface area contributed by atoms with E-state index < -0.39 is 0 Å². The fourth-order valence-corrected chi connectivity index (χ4v) is 5.16. The van der Waals surface area contributed by atoms with Gasteiger partial charge in [-0.2, -0.15) is 0 Å². The van der Waals surface area contributed by atoms with Crippen molar-refractivity contribution in [1.29, 1.82) is 0 Å². The third kappa shape index (κ3) is 31.3. The lowest BCUT2D eigenvalue weighted by molar-refractivity contribution is -0.159. The first kappa shape index (κ1) is 36.1. The van der Waals surface area contributed by atoms with Gasteiger partial charge in [0, 0.05) is 12.8 Å². The van der Waals surface area contributed by atoms with Crippen molar-refractivity contribution in [3.05, 3.63) is 0 Å². The minimum Gasteiger partial charge on any atom is -0.393 e. The Hall–Kier alpha value is -0.860. The number of rotatable bonds is 30. The zero-order valence-corrected chi connectivity index (χ0v) is 25.4. The number of ether oxygens (including phenoxy) is 1. The summed E-state index contributed by atoms with van der Waals surface area (Å²) in [6.45, 7) is 4.54. The lowest BCUT2D eigenvalue weighted by Gasteiger charge is -2.05. The van der Waals surface area contributed by atoms with E-state index in [1.54, 1.807) is 0 Å². The fourth-order valence-electron chi connectivity index (χ4n) is 5.16. The van der Waals surface area contributed by atoms with Crippen molar-refractivity contribution in [3.8, 4) is 0 Å². The first-order chi connectivity index (χ1) is 18.2. The summed E-state index contributed by atoms with van der Waals surface area (Å²) in [6, 6.07) is 0. The van der Waals surface area contributed by atoms with E-state index in [2.05, 4.69) is 13.8 Å². The van der Waals surface area contributed by atoms with E-state index in [0.717, 1.165) is 25.7 Å². The van der Waals surface area contributed by atoms with Gasteiger partial charge < -0.3 is 4.74 Å². The zero-order chi connectivity index (χ0) is 27.1. The Morgan fingerprint density at radius 3 is 0.730 bits per heavy atom. The first-order valence-electron chi connectivity index (χ1n) is 16.9. The molecule has 0 aromatic heterocycles. The summed E-state index contributed by atoms with van der Waals surface area (Å²) in [5.41, 5.74) is 0. The lowest BCUT2D eigenvalue weighted by Crippen LogP contribution is -2.11. The molecule has 0 rings (SSSR count). The Labute approximate surface area is 232 Å². The number of hydrogen-bond donors (Lipinski definition) is 0. The van der Waals surface area contributed by atoms with Gasteiger partial charge in [0.05, 0.1) is 0 Å². The second-order valence-corrected chi connectivity index (χ2v) is 11.5. The van der Waals surface area contributed by atoms with Crippen LogP contribution in [0.4, 0.5) is 0 Å². The van der Waals surface area contributed by atoms with Crippen molar-refractivity contribution in [2.24, 2.45) is 0 Å². The quantitative estimate of drug-likeness (QED) is 0.0535. The summed E-state index contributed by atoms with van der Waals surface area (Å²) in [5.74, 6) is -0.650. The molecular formula is C34H66O3. The van der Waals surface area contributed by atoms with Crippen molar-refractivity contribution in [2.45, 2.75) is 206 Å². The molecule has 0 aliphatic heterocycles. The van der Waals surface area contributed by atoms with E-state index in [1.807, 2.05) is 0 Å². The smallest absolute Gasteiger partial charge is 0.313 e. The second-order valence-electron chi connectivity index (χ2n) is 11.5. The monoisotopic (exact) mass is 523 g/mol. The van der Waals surface area contributed by atoms with Crippen LogP contribution in [0.2, 0.25) is 0 Å². The van der Waals surface area contributed by atoms with E-state index in [9.17, 15) is 9.59 Å². The zero-order valence-electron chi connectivity index (χ0n) is 25.4. The second kappa shape index (κ2) is 31.4. The first-order valence-corrected chi connectivity index (χ1v) is 16.9. The van der Waals surface area contributed by atoms with Gasteiger partial charge in [0.15, 0.2) is 0 Å². The normalized spacial score (nSPS) is 11.2. The molecule has 220 valence electrons. The van der Waals surface area contributed by atoms with Crippen LogP contribution in [0.1, 0.15) is 206 Å². The van der Waals surface area contributed by atoms with Gasteiger partial charge in [-0.15, -0.1) is 0 Å². The van der Waals surface area contributed by atoms with Crippen LogP contribution in [-0.4, -0.2) is 11.9 Å². The molecular weight excluding hydrogens is 456 g/mol. The number of unbranched alkanes of at least 4 members (excludes halogenated alkanes) is 26. The molecule has 0 fully saturated rings. The molecule has 0 N–H and O–H groups in total. The van der Waals surface area contributed by atoms with Crippen LogP contribution in [0.3, 0.4) is 0 Å². The number of carbonyl (C=O) groups excluding carboxylic acids is 2. The van der Waals surface area contributed by atoms with Crippen LogP contribution in [0.5, 0.6) is 0 Å². The Balaban J connectivity index is 3.28. The predicted molar refractivity (Wildman–Crippen MR) is 161 cm³/mol. The summed E-state index contributed by atoms with van der Waals surface area (Å²) in [7, 11) is 0. The minimum atomic E-state index is -0.325. The standard InChI is InChI=1S/C34H66O3/c1-3-5-7-9-11-13-15-17-18-19-20-22-24-26-28-30-32-34(36)37-33(35)31-29-27-25-23-21-16-14-12-10-8-6-4-2/h3-32H2,1-2H3. The van der Waals surface area contributed by atoms with Gasteiger partial charge in [0.1, 0.15) is 0 Å². The molecule has 0 heterocycles. The highest BCUT2D eigenvalue weighted by molar-refractivity contribution is 5.85. The van der Waals surface area contributed by atoms with Crippen molar-refractivity contribution in [2.75, 3.05) is 0 Å². The maximum atomic E-state index is 11.9. The Morgan fingerprint density at radius 1 is 0.324 bits per heavy atom. The Morgan fingerprint density at radius 2 is 0.514 bits per heavy atom. The maximum absolute atomic E-state index is 11.9. The highest BCUT2D eigenvalue weighted by Crippen LogP contribution is 2.15. The van der Waals surface area contributed by atoms with Crippen LogP contribution in [-0.2, 0) is 14.3 Å².